The summed E-state index contributed by atoms with van der Waals surface area (Å²) in [6.45, 7) is 5.69. The fourth-order valence-electron chi connectivity index (χ4n) is 2.52. The lowest BCUT2D eigenvalue weighted by Crippen LogP contribution is -2.48. The number of carbonyl (C=O) groups is 1. The molecule has 0 radical (unpaired) electrons. The van der Waals surface area contributed by atoms with E-state index in [0.717, 1.165) is 11.3 Å². The molecule has 0 fully saturated rings. The van der Waals surface area contributed by atoms with Crippen LogP contribution in [-0.2, 0) is 6.42 Å². The third-order valence-electron chi connectivity index (χ3n) is 3.39. The number of H-pyrrole nitrogens is 1. The number of carboxylic acid groups (broad SMARTS) is 1. The number of aromatic amines is 1. The average Bonchev–Trinajstić information content (AvgIpc) is 2.90. The molecule has 1 atom stereocenters. The first-order chi connectivity index (χ1) is 9.89. The molecule has 2 rings (SSSR count). The summed E-state index contributed by atoms with van der Waals surface area (Å²) in [7, 11) is 0. The molecule has 0 saturated heterocycles. The highest BCUT2D eigenvalue weighted by Crippen LogP contribution is 2.30. The van der Waals surface area contributed by atoms with Gasteiger partial charge in [0, 0.05) is 11.7 Å². The number of rotatable bonds is 4. The molecule has 112 valence electrons. The first kappa shape index (κ1) is 15.1. The number of nitrogens with one attached hydrogen (secondary N) is 1. The van der Waals surface area contributed by atoms with Gasteiger partial charge in [0.15, 0.2) is 0 Å². The van der Waals surface area contributed by atoms with E-state index in [1.165, 1.54) is 4.90 Å². The van der Waals surface area contributed by atoms with E-state index in [0.29, 0.717) is 6.42 Å². The molecule has 1 aromatic carbocycles. The molecule has 0 bridgehead atoms. The molecular formula is C16H21N3O2. The molecule has 2 N–H and O–H groups in total. The minimum Gasteiger partial charge on any atom is -0.465 e. The largest absolute Gasteiger partial charge is 0.465 e. The van der Waals surface area contributed by atoms with Crippen molar-refractivity contribution in [2.75, 3.05) is 0 Å². The molecule has 0 aliphatic heterocycles. The van der Waals surface area contributed by atoms with E-state index in [1.54, 1.807) is 6.20 Å². The Bertz CT molecular complexity index is 573. The Hall–Kier alpha value is -2.30. The minimum absolute atomic E-state index is 0.299. The topological polar surface area (TPSA) is 69.2 Å². The molecule has 1 amide bonds. The van der Waals surface area contributed by atoms with E-state index in [-0.39, 0.29) is 6.04 Å². The second-order valence-corrected chi connectivity index (χ2v) is 6.04. The van der Waals surface area contributed by atoms with Gasteiger partial charge < -0.3 is 5.11 Å². The van der Waals surface area contributed by atoms with Crippen LogP contribution < -0.4 is 0 Å². The molecular weight excluding hydrogens is 266 g/mol. The van der Waals surface area contributed by atoms with Crippen LogP contribution in [0.4, 0.5) is 4.79 Å². The van der Waals surface area contributed by atoms with Gasteiger partial charge in [-0.1, -0.05) is 30.3 Å². The number of hydrogen-bond donors (Lipinski definition) is 2. The van der Waals surface area contributed by atoms with Crippen molar-refractivity contribution in [1.29, 1.82) is 0 Å². The van der Waals surface area contributed by atoms with Crippen LogP contribution in [0.5, 0.6) is 0 Å². The van der Waals surface area contributed by atoms with Gasteiger partial charge in [-0.25, -0.2) is 4.79 Å². The van der Waals surface area contributed by atoms with Crippen LogP contribution in [-0.4, -0.2) is 31.8 Å². The van der Waals surface area contributed by atoms with Gasteiger partial charge in [0.2, 0.25) is 0 Å². The lowest BCUT2D eigenvalue weighted by molar-refractivity contribution is 0.0682. The zero-order chi connectivity index (χ0) is 15.5. The normalized spacial score (nSPS) is 12.9. The molecule has 5 heteroatoms. The van der Waals surface area contributed by atoms with Gasteiger partial charge >= 0.3 is 6.09 Å². The van der Waals surface area contributed by atoms with Crippen molar-refractivity contribution in [1.82, 2.24) is 15.1 Å². The van der Waals surface area contributed by atoms with E-state index in [9.17, 15) is 9.90 Å². The molecule has 1 aromatic heterocycles. The summed E-state index contributed by atoms with van der Waals surface area (Å²) in [5, 5.41) is 16.5. The summed E-state index contributed by atoms with van der Waals surface area (Å²) in [4.78, 5) is 13.2. The van der Waals surface area contributed by atoms with Gasteiger partial charge in [-0.2, -0.15) is 5.10 Å². The molecule has 0 spiro atoms. The van der Waals surface area contributed by atoms with Gasteiger partial charge in [0.05, 0.1) is 11.7 Å². The van der Waals surface area contributed by atoms with Crippen LogP contribution >= 0.6 is 0 Å². The highest BCUT2D eigenvalue weighted by Gasteiger charge is 2.34. The van der Waals surface area contributed by atoms with E-state index >= 15 is 0 Å². The predicted molar refractivity (Wildman–Crippen MR) is 81.1 cm³/mol. The van der Waals surface area contributed by atoms with Crippen molar-refractivity contribution >= 4 is 6.09 Å². The van der Waals surface area contributed by atoms with Crippen LogP contribution in [0.1, 0.15) is 38.1 Å². The maximum atomic E-state index is 11.8. The van der Waals surface area contributed by atoms with Gasteiger partial charge in [-0.3, -0.25) is 10.00 Å². The Morgan fingerprint density at radius 2 is 1.95 bits per heavy atom. The first-order valence-electron chi connectivity index (χ1n) is 6.95. The van der Waals surface area contributed by atoms with Crippen LogP contribution in [0.25, 0.3) is 0 Å². The van der Waals surface area contributed by atoms with E-state index < -0.39 is 11.6 Å². The summed E-state index contributed by atoms with van der Waals surface area (Å²) >= 11 is 0. The number of amides is 1. The highest BCUT2D eigenvalue weighted by molar-refractivity contribution is 5.66. The molecule has 5 nitrogen and oxygen atoms in total. The second kappa shape index (κ2) is 5.99. The lowest BCUT2D eigenvalue weighted by Gasteiger charge is -2.39. The zero-order valence-corrected chi connectivity index (χ0v) is 12.6. The Morgan fingerprint density at radius 3 is 2.43 bits per heavy atom. The Kier molecular flexibility index (Phi) is 4.31. The highest BCUT2D eigenvalue weighted by atomic mass is 16.4. The van der Waals surface area contributed by atoms with Crippen LogP contribution in [0.2, 0.25) is 0 Å². The maximum Gasteiger partial charge on any atom is 0.408 e. The van der Waals surface area contributed by atoms with Gasteiger partial charge in [0.1, 0.15) is 0 Å². The quantitative estimate of drug-likeness (QED) is 0.904. The summed E-state index contributed by atoms with van der Waals surface area (Å²) in [6.07, 6.45) is 1.32. The first-order valence-corrected chi connectivity index (χ1v) is 6.95. The maximum absolute atomic E-state index is 11.8. The third-order valence-corrected chi connectivity index (χ3v) is 3.39. The Balaban J connectivity index is 2.38. The second-order valence-electron chi connectivity index (χ2n) is 6.04. The van der Waals surface area contributed by atoms with E-state index in [2.05, 4.69) is 10.2 Å². The third kappa shape index (κ3) is 3.62. The van der Waals surface area contributed by atoms with Gasteiger partial charge in [0.25, 0.3) is 0 Å². The molecule has 0 saturated carbocycles. The van der Waals surface area contributed by atoms with Crippen molar-refractivity contribution in [3.8, 4) is 0 Å². The number of benzene rings is 1. The van der Waals surface area contributed by atoms with E-state index in [4.69, 9.17) is 0 Å². The number of aromatic nitrogens is 2. The smallest absolute Gasteiger partial charge is 0.408 e. The standard InChI is InChI=1S/C16H21N3O2/c1-16(2,3)19(15(20)21)14(13-9-10-17-18-13)11-12-7-5-4-6-8-12/h4-10,14H,11H2,1-3H3,(H,17,18)(H,20,21). The summed E-state index contributed by atoms with van der Waals surface area (Å²) in [5.41, 5.74) is 1.39. The summed E-state index contributed by atoms with van der Waals surface area (Å²) in [5.74, 6) is 0. The summed E-state index contributed by atoms with van der Waals surface area (Å²) in [6, 6.07) is 11.4. The number of nitrogens with zero attached hydrogens (tertiary/aromatic N) is 2. The van der Waals surface area contributed by atoms with Crippen molar-refractivity contribution in [3.63, 3.8) is 0 Å². The van der Waals surface area contributed by atoms with E-state index in [1.807, 2.05) is 57.2 Å². The Morgan fingerprint density at radius 1 is 1.29 bits per heavy atom. The van der Waals surface area contributed by atoms with Gasteiger partial charge in [-0.15, -0.1) is 0 Å². The van der Waals surface area contributed by atoms with Crippen molar-refractivity contribution in [2.45, 2.75) is 38.8 Å². The molecule has 21 heavy (non-hydrogen) atoms. The molecule has 2 aromatic rings. The minimum atomic E-state index is -0.932. The Labute approximate surface area is 124 Å². The van der Waals surface area contributed by atoms with Crippen molar-refractivity contribution < 1.29 is 9.90 Å². The molecule has 1 unspecified atom stereocenters. The van der Waals surface area contributed by atoms with Crippen LogP contribution in [0.3, 0.4) is 0 Å². The zero-order valence-electron chi connectivity index (χ0n) is 12.6. The summed E-state index contributed by atoms with van der Waals surface area (Å²) < 4.78 is 0. The van der Waals surface area contributed by atoms with Crippen LogP contribution in [0, 0.1) is 0 Å². The van der Waals surface area contributed by atoms with Crippen molar-refractivity contribution in [2.24, 2.45) is 0 Å². The fourth-order valence-corrected chi connectivity index (χ4v) is 2.52. The SMILES string of the molecule is CC(C)(C)N(C(=O)O)C(Cc1ccccc1)c1ccn[nH]1. The van der Waals surface area contributed by atoms with Crippen molar-refractivity contribution in [3.05, 3.63) is 53.9 Å². The number of hydrogen-bond acceptors (Lipinski definition) is 2. The predicted octanol–water partition coefficient (Wildman–Crippen LogP) is 3.47. The molecule has 0 aliphatic carbocycles. The lowest BCUT2D eigenvalue weighted by atomic mass is 9.96. The van der Waals surface area contributed by atoms with Crippen LogP contribution in [0.15, 0.2) is 42.6 Å². The van der Waals surface area contributed by atoms with Gasteiger partial charge in [-0.05, 0) is 38.8 Å². The molecule has 1 heterocycles. The average molecular weight is 287 g/mol. The fraction of sp³-hybridized carbons (Fsp3) is 0.375. The monoisotopic (exact) mass is 287 g/mol. The molecule has 0 aliphatic rings.